The summed E-state index contributed by atoms with van der Waals surface area (Å²) in [6.45, 7) is 6.65. The number of urea groups is 3. The third-order valence-electron chi connectivity index (χ3n) is 14.9. The van der Waals surface area contributed by atoms with Crippen LogP contribution < -0.4 is 47.9 Å². The lowest BCUT2D eigenvalue weighted by atomic mass is 10.0. The van der Waals surface area contributed by atoms with Crippen LogP contribution in [0.3, 0.4) is 0 Å². The van der Waals surface area contributed by atoms with E-state index in [1.807, 2.05) is 72.8 Å². The fraction of sp³-hybridized carbons (Fsp3) is 0.333. The molecular weight excluding hydrogens is 1090 g/mol. The fourth-order valence-corrected chi connectivity index (χ4v) is 10.1. The van der Waals surface area contributed by atoms with Gasteiger partial charge in [0.2, 0.25) is 0 Å². The maximum atomic E-state index is 14.2. The maximum absolute atomic E-state index is 14.2. The summed E-state index contributed by atoms with van der Waals surface area (Å²) in [7, 11) is 0. The minimum Gasteiger partial charge on any atom is -0.322 e. The molecule has 15 nitrogen and oxygen atoms in total. The van der Waals surface area contributed by atoms with Gasteiger partial charge in [0.15, 0.2) is 0 Å². The molecule has 0 aliphatic rings. The molecule has 7 aromatic rings. The molecule has 0 radical (unpaired) electrons. The Morgan fingerprint density at radius 3 is 0.713 bits per heavy atom. The molecule has 0 heterocycles. The van der Waals surface area contributed by atoms with Crippen LogP contribution >= 0.6 is 0 Å². The van der Waals surface area contributed by atoms with Gasteiger partial charge >= 0.3 is 18.1 Å². The zero-order valence-corrected chi connectivity index (χ0v) is 50.9. The molecule has 0 spiro atoms. The van der Waals surface area contributed by atoms with Crippen molar-refractivity contribution in [3.8, 4) is 0 Å². The van der Waals surface area contributed by atoms with E-state index >= 15 is 0 Å². The molecule has 9 N–H and O–H groups in total. The molecule has 456 valence electrons. The number of carbonyl (C=O) groups excluding carboxylic acids is 6. The standard InChI is InChI=1S/C72H87N9O6/c1-4-7-10-13-16-19-25-52-34-40-58(41-35-52)76-70(85)79-64-31-22-28-61(49-64)73-67(82)55-46-56(68(83)74-62-29-23-32-65(50-62)80-71(86)77-59-42-36-53(37-43-59)26-20-17-14-11-8-5-2)48-57(47-55)69(84)75-63-30-24-33-66(51-63)81-72(87)78-60-44-38-54(39-45-60)27-21-18-15-12-9-6-3/h22-24,28-51H,4-21,25-27H2,1-3H3,(H,73,82)(H,74,83)(H,75,84)(H2,76,79,85)(H2,77,80,86)(H2,78,81,87). The smallest absolute Gasteiger partial charge is 0.322 e. The Morgan fingerprint density at radius 2 is 0.460 bits per heavy atom. The van der Waals surface area contributed by atoms with Crippen molar-refractivity contribution >= 4 is 87.0 Å². The highest BCUT2D eigenvalue weighted by molar-refractivity contribution is 6.13. The summed E-state index contributed by atoms with van der Waals surface area (Å²) in [6.07, 6.45) is 25.0. The largest absolute Gasteiger partial charge is 0.323 e. The molecule has 7 rings (SSSR count). The van der Waals surface area contributed by atoms with Crippen molar-refractivity contribution in [3.63, 3.8) is 0 Å². The number of anilines is 9. The van der Waals surface area contributed by atoms with E-state index < -0.39 is 35.8 Å². The molecule has 7 aromatic carbocycles. The summed E-state index contributed by atoms with van der Waals surface area (Å²) >= 11 is 0. The number of aryl methyl sites for hydroxylation is 3. The van der Waals surface area contributed by atoms with E-state index in [9.17, 15) is 28.8 Å². The van der Waals surface area contributed by atoms with Crippen LogP contribution in [-0.4, -0.2) is 35.8 Å². The first kappa shape index (κ1) is 65.3. The average Bonchev–Trinajstić information content (AvgIpc) is 3.71. The minimum atomic E-state index is -0.643. The van der Waals surface area contributed by atoms with Crippen molar-refractivity contribution in [1.82, 2.24) is 0 Å². The summed E-state index contributed by atoms with van der Waals surface area (Å²) in [5, 5.41) is 25.6. The summed E-state index contributed by atoms with van der Waals surface area (Å²) in [5.41, 5.74) is 7.71. The van der Waals surface area contributed by atoms with Gasteiger partial charge in [-0.1, -0.05) is 172 Å². The van der Waals surface area contributed by atoms with Crippen LogP contribution in [0, 0.1) is 0 Å². The normalized spacial score (nSPS) is 10.8. The van der Waals surface area contributed by atoms with Crippen LogP contribution in [0.1, 0.15) is 184 Å². The van der Waals surface area contributed by atoms with Gasteiger partial charge in [-0.3, -0.25) is 14.4 Å². The molecule has 0 atom stereocenters. The Bertz CT molecular complexity index is 2970. The molecule has 0 unspecified atom stereocenters. The second kappa shape index (κ2) is 35.9. The van der Waals surface area contributed by atoms with Gasteiger partial charge < -0.3 is 47.9 Å². The number of nitrogens with one attached hydrogen (secondary N) is 9. The van der Waals surface area contributed by atoms with Crippen molar-refractivity contribution in [2.24, 2.45) is 0 Å². The van der Waals surface area contributed by atoms with E-state index in [2.05, 4.69) is 68.6 Å². The topological polar surface area (TPSA) is 211 Å². The molecule has 0 fully saturated rings. The summed E-state index contributed by atoms with van der Waals surface area (Å²) in [5.74, 6) is -1.93. The minimum absolute atomic E-state index is 0.0195. The van der Waals surface area contributed by atoms with Gasteiger partial charge in [-0.25, -0.2) is 14.4 Å². The molecule has 87 heavy (non-hydrogen) atoms. The second-order valence-corrected chi connectivity index (χ2v) is 22.3. The van der Waals surface area contributed by atoms with Crippen molar-refractivity contribution in [2.45, 2.75) is 156 Å². The van der Waals surface area contributed by atoms with E-state index in [-0.39, 0.29) is 16.7 Å². The molecule has 15 heteroatoms. The predicted molar refractivity (Wildman–Crippen MR) is 358 cm³/mol. The number of rotatable bonds is 33. The summed E-state index contributed by atoms with van der Waals surface area (Å²) in [6, 6.07) is 46.0. The molecule has 0 saturated heterocycles. The fourth-order valence-electron chi connectivity index (χ4n) is 10.1. The van der Waals surface area contributed by atoms with Crippen molar-refractivity contribution < 1.29 is 28.8 Å². The summed E-state index contributed by atoms with van der Waals surface area (Å²) in [4.78, 5) is 82.0. The van der Waals surface area contributed by atoms with Gasteiger partial charge in [-0.05, 0) is 164 Å². The Hall–Kier alpha value is -9.24. The van der Waals surface area contributed by atoms with Crippen LogP contribution in [0.5, 0.6) is 0 Å². The van der Waals surface area contributed by atoms with Gasteiger partial charge in [-0.15, -0.1) is 0 Å². The molecular formula is C72H87N9O6. The zero-order chi connectivity index (χ0) is 61.4. The number of benzene rings is 7. The van der Waals surface area contributed by atoms with Gasteiger partial charge in [0.25, 0.3) is 17.7 Å². The number of carbonyl (C=O) groups is 6. The van der Waals surface area contributed by atoms with Crippen LogP contribution in [0.4, 0.5) is 65.6 Å². The average molecular weight is 1170 g/mol. The van der Waals surface area contributed by atoms with Gasteiger partial charge in [-0.2, -0.15) is 0 Å². The lowest BCUT2D eigenvalue weighted by molar-refractivity contribution is 0.102. The van der Waals surface area contributed by atoms with Crippen molar-refractivity contribution in [2.75, 3.05) is 47.9 Å². The first-order valence-electron chi connectivity index (χ1n) is 31.3. The van der Waals surface area contributed by atoms with E-state index in [0.717, 1.165) is 38.5 Å². The molecule has 9 amide bonds. The van der Waals surface area contributed by atoms with Gasteiger partial charge in [0.05, 0.1) is 0 Å². The van der Waals surface area contributed by atoms with E-state index in [0.29, 0.717) is 51.2 Å². The quantitative estimate of drug-likeness (QED) is 0.0183. The maximum Gasteiger partial charge on any atom is 0.323 e. The second-order valence-electron chi connectivity index (χ2n) is 22.3. The SMILES string of the molecule is CCCCCCCCc1ccc(NC(=O)Nc2cccc(NC(=O)c3cc(C(=O)Nc4cccc(NC(=O)Nc5ccc(CCCCCCCC)cc5)c4)cc(C(=O)Nc4cccc(NC(=O)Nc5ccc(CCCCCCCC)cc5)c4)c3)c2)cc1. The molecule has 0 aliphatic heterocycles. The number of hydrogen-bond acceptors (Lipinski definition) is 6. The third kappa shape index (κ3) is 23.6. The number of amides is 9. The molecule has 0 bridgehead atoms. The molecule has 0 aromatic heterocycles. The van der Waals surface area contributed by atoms with Crippen molar-refractivity contribution in [1.29, 1.82) is 0 Å². The van der Waals surface area contributed by atoms with Crippen LogP contribution in [0.15, 0.2) is 164 Å². The molecule has 0 saturated carbocycles. The van der Waals surface area contributed by atoms with E-state index in [1.165, 1.54) is 131 Å². The Morgan fingerprint density at radius 1 is 0.241 bits per heavy atom. The summed E-state index contributed by atoms with van der Waals surface area (Å²) < 4.78 is 0. The first-order valence-corrected chi connectivity index (χ1v) is 31.3. The van der Waals surface area contributed by atoms with E-state index in [1.54, 1.807) is 72.8 Å². The highest BCUT2D eigenvalue weighted by Crippen LogP contribution is 2.24. The highest BCUT2D eigenvalue weighted by Gasteiger charge is 2.19. The van der Waals surface area contributed by atoms with Crippen LogP contribution in [0.25, 0.3) is 0 Å². The van der Waals surface area contributed by atoms with Crippen LogP contribution in [-0.2, 0) is 19.3 Å². The van der Waals surface area contributed by atoms with Gasteiger partial charge in [0.1, 0.15) is 0 Å². The first-order chi connectivity index (χ1) is 42.4. The Labute approximate surface area is 514 Å². The van der Waals surface area contributed by atoms with Crippen molar-refractivity contribution in [3.05, 3.63) is 197 Å². The third-order valence-corrected chi connectivity index (χ3v) is 14.9. The van der Waals surface area contributed by atoms with Gasteiger partial charge in [0, 0.05) is 67.9 Å². The lowest BCUT2D eigenvalue weighted by Crippen LogP contribution is -2.21. The Kier molecular flexibility index (Phi) is 27.0. The van der Waals surface area contributed by atoms with E-state index in [4.69, 9.17) is 0 Å². The van der Waals surface area contributed by atoms with Crippen LogP contribution in [0.2, 0.25) is 0 Å². The predicted octanol–water partition coefficient (Wildman–Crippen LogP) is 19.1. The Balaban J connectivity index is 1.00. The lowest BCUT2D eigenvalue weighted by Gasteiger charge is -2.14. The molecule has 0 aliphatic carbocycles. The number of unbranched alkanes of at least 4 members (excludes halogenated alkanes) is 15. The zero-order valence-electron chi connectivity index (χ0n) is 50.9. The monoisotopic (exact) mass is 1170 g/mol. The highest BCUT2D eigenvalue weighted by atomic mass is 16.2. The number of hydrogen-bond donors (Lipinski definition) is 9.